The van der Waals surface area contributed by atoms with Crippen molar-refractivity contribution in [1.82, 2.24) is 0 Å². The van der Waals surface area contributed by atoms with Crippen LogP contribution in [0.5, 0.6) is 0 Å². The minimum atomic E-state index is 0. The van der Waals surface area contributed by atoms with E-state index in [0.29, 0.717) is 5.92 Å². The third kappa shape index (κ3) is 9.80. The van der Waals surface area contributed by atoms with E-state index in [1.165, 1.54) is 0 Å². The Morgan fingerprint density at radius 3 is 2.15 bits per heavy atom. The molecule has 0 aromatic heterocycles. The molecule has 0 spiro atoms. The minimum Gasteiger partial charge on any atom is -1.00 e. The summed E-state index contributed by atoms with van der Waals surface area (Å²) in [4.78, 5) is 0. The van der Waals surface area contributed by atoms with E-state index in [1.54, 1.807) is 0 Å². The molecular formula is C10H20BrNO. The van der Waals surface area contributed by atoms with E-state index in [2.05, 4.69) is 18.5 Å². The Morgan fingerprint density at radius 2 is 1.77 bits per heavy atom. The van der Waals surface area contributed by atoms with E-state index in [9.17, 15) is 0 Å². The average molecular weight is 250 g/mol. The highest BCUT2D eigenvalue weighted by Crippen LogP contribution is 2.06. The van der Waals surface area contributed by atoms with Crippen LogP contribution < -0.4 is 22.3 Å². The normalized spacial score (nSPS) is 9.38. The Bertz CT molecular complexity index is 118. The number of hydrogen-bond acceptors (Lipinski definition) is 1. The molecule has 0 aromatic rings. The molecular weight excluding hydrogens is 230 g/mol. The number of quaternary nitrogens is 1. The Kier molecular flexibility index (Phi) is 14.0. The number of nitrogens with two attached hydrogens (primary N) is 1. The lowest BCUT2D eigenvalue weighted by Gasteiger charge is -2.10. The fraction of sp³-hybridized carbons (Fsp3) is 0.600. The third-order valence-corrected chi connectivity index (χ3v) is 1.83. The zero-order chi connectivity index (χ0) is 9.23. The maximum Gasteiger partial charge on any atom is 0.0990 e. The predicted molar refractivity (Wildman–Crippen MR) is 51.9 cm³/mol. The van der Waals surface area contributed by atoms with Gasteiger partial charge in [0.15, 0.2) is 0 Å². The van der Waals surface area contributed by atoms with E-state index in [-0.39, 0.29) is 23.6 Å². The summed E-state index contributed by atoms with van der Waals surface area (Å²) in [7, 11) is 0. The van der Waals surface area contributed by atoms with Gasteiger partial charge in [0, 0.05) is 5.92 Å². The first-order chi connectivity index (χ1) is 5.85. The Morgan fingerprint density at radius 1 is 1.23 bits per heavy atom. The van der Waals surface area contributed by atoms with Crippen molar-refractivity contribution < 1.29 is 27.4 Å². The van der Waals surface area contributed by atoms with Gasteiger partial charge in [-0.3, -0.25) is 0 Å². The van der Waals surface area contributed by atoms with Crippen LogP contribution in [0.2, 0.25) is 0 Å². The molecule has 0 aliphatic rings. The summed E-state index contributed by atoms with van der Waals surface area (Å²) in [5, 5.41) is 10.7. The quantitative estimate of drug-likeness (QED) is 0.357. The molecule has 0 unspecified atom stereocenters. The van der Waals surface area contributed by atoms with Crippen LogP contribution in [0.3, 0.4) is 0 Å². The van der Waals surface area contributed by atoms with Gasteiger partial charge in [-0.25, -0.2) is 0 Å². The van der Waals surface area contributed by atoms with Crippen molar-refractivity contribution in [3.8, 4) is 0 Å². The lowest BCUT2D eigenvalue weighted by atomic mass is 10.0. The van der Waals surface area contributed by atoms with E-state index < -0.39 is 0 Å². The Hall–Kier alpha value is -0.120. The molecule has 0 saturated carbocycles. The van der Waals surface area contributed by atoms with Gasteiger partial charge in [0.05, 0.1) is 19.7 Å². The molecule has 0 atom stereocenters. The molecule has 13 heavy (non-hydrogen) atoms. The van der Waals surface area contributed by atoms with Gasteiger partial charge in [0.25, 0.3) is 0 Å². The molecule has 3 heteroatoms. The zero-order valence-corrected chi connectivity index (χ0v) is 9.67. The highest BCUT2D eigenvalue weighted by Gasteiger charge is 2.05. The van der Waals surface area contributed by atoms with Crippen molar-refractivity contribution in [2.24, 2.45) is 5.92 Å². The maximum atomic E-state index is 8.57. The van der Waals surface area contributed by atoms with Gasteiger partial charge in [0.1, 0.15) is 0 Å². The van der Waals surface area contributed by atoms with Crippen LogP contribution in [0.4, 0.5) is 0 Å². The third-order valence-electron chi connectivity index (χ3n) is 1.83. The summed E-state index contributed by atoms with van der Waals surface area (Å²) in [6.45, 7) is 9.54. The van der Waals surface area contributed by atoms with Crippen LogP contribution in [-0.2, 0) is 0 Å². The lowest BCUT2D eigenvalue weighted by molar-refractivity contribution is -0.661. The molecule has 0 amide bonds. The molecule has 0 aromatic carbocycles. The molecule has 3 N–H and O–H groups in total. The van der Waals surface area contributed by atoms with Gasteiger partial charge in [-0.2, -0.15) is 0 Å². The molecule has 0 radical (unpaired) electrons. The monoisotopic (exact) mass is 249 g/mol. The molecule has 0 rings (SSSR count). The van der Waals surface area contributed by atoms with Gasteiger partial charge in [0.2, 0.25) is 0 Å². The Labute approximate surface area is 91.5 Å². The van der Waals surface area contributed by atoms with Gasteiger partial charge < -0.3 is 27.4 Å². The van der Waals surface area contributed by atoms with Crippen molar-refractivity contribution in [1.29, 1.82) is 0 Å². The SMILES string of the molecule is C=CCC(CC=C)C[NH2+]CCO.[Br-]. The summed E-state index contributed by atoms with van der Waals surface area (Å²) >= 11 is 0. The first-order valence-corrected chi connectivity index (χ1v) is 4.49. The number of hydrogen-bond donors (Lipinski definition) is 2. The van der Waals surface area contributed by atoms with E-state index in [4.69, 9.17) is 5.11 Å². The summed E-state index contributed by atoms with van der Waals surface area (Å²) in [6.07, 6.45) is 5.96. The topological polar surface area (TPSA) is 36.8 Å². The number of allylic oxidation sites excluding steroid dienone is 2. The van der Waals surface area contributed by atoms with Gasteiger partial charge >= 0.3 is 0 Å². The Balaban J connectivity index is 0. The summed E-state index contributed by atoms with van der Waals surface area (Å²) in [5.74, 6) is 0.631. The second-order valence-corrected chi connectivity index (χ2v) is 2.95. The molecule has 0 fully saturated rings. The second kappa shape index (κ2) is 11.9. The molecule has 0 bridgehead atoms. The molecule has 2 nitrogen and oxygen atoms in total. The van der Waals surface area contributed by atoms with Gasteiger partial charge in [-0.15, -0.1) is 13.2 Å². The highest BCUT2D eigenvalue weighted by atomic mass is 79.9. The van der Waals surface area contributed by atoms with Crippen LogP contribution >= 0.6 is 0 Å². The fourth-order valence-corrected chi connectivity index (χ4v) is 1.20. The predicted octanol–water partition coefficient (Wildman–Crippen LogP) is -2.69. The number of aliphatic hydroxyl groups excluding tert-OH is 1. The lowest BCUT2D eigenvalue weighted by Crippen LogP contribution is -3.00. The summed E-state index contributed by atoms with van der Waals surface area (Å²) in [5.41, 5.74) is 0. The van der Waals surface area contributed by atoms with Crippen LogP contribution in [0.25, 0.3) is 0 Å². The second-order valence-electron chi connectivity index (χ2n) is 2.95. The van der Waals surface area contributed by atoms with Crippen LogP contribution in [-0.4, -0.2) is 24.8 Å². The molecule has 0 heterocycles. The maximum absolute atomic E-state index is 8.57. The van der Waals surface area contributed by atoms with E-state index in [1.807, 2.05) is 12.2 Å². The van der Waals surface area contributed by atoms with Crippen LogP contribution in [0.1, 0.15) is 12.8 Å². The first kappa shape index (κ1) is 15.4. The van der Waals surface area contributed by atoms with Crippen molar-refractivity contribution in [2.75, 3.05) is 19.7 Å². The van der Waals surface area contributed by atoms with Crippen molar-refractivity contribution in [3.63, 3.8) is 0 Å². The molecule has 0 saturated heterocycles. The average Bonchev–Trinajstić information content (AvgIpc) is 2.06. The smallest absolute Gasteiger partial charge is 0.0990 e. The van der Waals surface area contributed by atoms with E-state index in [0.717, 1.165) is 25.9 Å². The molecule has 78 valence electrons. The van der Waals surface area contributed by atoms with Gasteiger partial charge in [-0.1, -0.05) is 12.2 Å². The minimum absolute atomic E-state index is 0. The van der Waals surface area contributed by atoms with Gasteiger partial charge in [-0.05, 0) is 12.8 Å². The number of halogens is 1. The summed E-state index contributed by atoms with van der Waals surface area (Å²) < 4.78 is 0. The van der Waals surface area contributed by atoms with Crippen molar-refractivity contribution >= 4 is 0 Å². The zero-order valence-electron chi connectivity index (χ0n) is 8.08. The molecule has 0 aliphatic heterocycles. The summed E-state index contributed by atoms with van der Waals surface area (Å²) in [6, 6.07) is 0. The number of rotatable bonds is 8. The fourth-order valence-electron chi connectivity index (χ4n) is 1.20. The highest BCUT2D eigenvalue weighted by molar-refractivity contribution is 4.78. The van der Waals surface area contributed by atoms with Crippen molar-refractivity contribution in [3.05, 3.63) is 25.3 Å². The standard InChI is InChI=1S/C10H19NO.BrH/c1-3-5-10(6-4-2)9-11-7-8-12;/h3-4,10-12H,1-2,5-9H2;1H. The number of aliphatic hydroxyl groups is 1. The first-order valence-electron chi connectivity index (χ1n) is 4.49. The molecule has 0 aliphatic carbocycles. The largest absolute Gasteiger partial charge is 1.00 e. The van der Waals surface area contributed by atoms with Crippen molar-refractivity contribution in [2.45, 2.75) is 12.8 Å². The van der Waals surface area contributed by atoms with Crippen LogP contribution in [0, 0.1) is 5.92 Å². The van der Waals surface area contributed by atoms with E-state index >= 15 is 0 Å². The van der Waals surface area contributed by atoms with Crippen LogP contribution in [0.15, 0.2) is 25.3 Å².